The first-order valence-electron chi connectivity index (χ1n) is 5.36. The Hall–Kier alpha value is -1.96. The molecule has 1 aliphatic rings. The van der Waals surface area contributed by atoms with Gasteiger partial charge in [-0.25, -0.2) is 4.79 Å². The quantitative estimate of drug-likeness (QED) is 0.518. The summed E-state index contributed by atoms with van der Waals surface area (Å²) in [6.07, 6.45) is 0.238. The fourth-order valence-electron chi connectivity index (χ4n) is 1.93. The van der Waals surface area contributed by atoms with Gasteiger partial charge < -0.3 is 10.0 Å². The van der Waals surface area contributed by atoms with Crippen LogP contribution in [-0.4, -0.2) is 33.3 Å². The number of rotatable bonds is 3. The third kappa shape index (κ3) is 2.58. The largest absolute Gasteiger partial charge is 0.478 e. The predicted molar refractivity (Wildman–Crippen MR) is 69.7 cm³/mol. The summed E-state index contributed by atoms with van der Waals surface area (Å²) < 4.78 is 0. The molecule has 1 N–H and O–H groups in total. The minimum absolute atomic E-state index is 0.0636. The molecule has 19 heavy (non-hydrogen) atoms. The fraction of sp³-hybridized carbons (Fsp3) is 0.273. The summed E-state index contributed by atoms with van der Waals surface area (Å²) in [4.78, 5) is 34.2. The van der Waals surface area contributed by atoms with Crippen LogP contribution in [0.3, 0.4) is 0 Å². The van der Waals surface area contributed by atoms with Gasteiger partial charge in [0.05, 0.1) is 16.2 Å². The maximum atomic E-state index is 11.8. The first-order valence-corrected chi connectivity index (χ1v) is 6.28. The Morgan fingerprint density at radius 3 is 2.68 bits per heavy atom. The van der Waals surface area contributed by atoms with Gasteiger partial charge in [-0.15, -0.1) is 0 Å². The number of carbonyl (C=O) groups excluding carboxylic acids is 1. The molecule has 2 rings (SSSR count). The number of carboxylic acids is 1. The first kappa shape index (κ1) is 13.5. The predicted octanol–water partition coefficient (Wildman–Crippen LogP) is 1.79. The second kappa shape index (κ2) is 4.96. The average molecular weight is 329 g/mol. The summed E-state index contributed by atoms with van der Waals surface area (Å²) >= 11 is 3.28. The Morgan fingerprint density at radius 1 is 1.53 bits per heavy atom. The van der Waals surface area contributed by atoms with E-state index in [1.165, 1.54) is 4.90 Å². The molecule has 100 valence electrons. The highest BCUT2D eigenvalue weighted by Gasteiger charge is 2.32. The van der Waals surface area contributed by atoms with Crippen molar-refractivity contribution >= 4 is 39.2 Å². The van der Waals surface area contributed by atoms with Gasteiger partial charge in [-0.05, 0) is 6.07 Å². The molecular weight excluding hydrogens is 320 g/mol. The van der Waals surface area contributed by atoms with Crippen LogP contribution in [0.25, 0.3) is 0 Å². The maximum absolute atomic E-state index is 11.8. The Labute approximate surface area is 116 Å². The highest BCUT2D eigenvalue weighted by atomic mass is 79.9. The van der Waals surface area contributed by atoms with Crippen molar-refractivity contribution in [1.82, 2.24) is 0 Å². The smallest absolute Gasteiger partial charge is 0.337 e. The van der Waals surface area contributed by atoms with E-state index < -0.39 is 10.9 Å². The molecule has 0 aromatic heterocycles. The third-order valence-corrected chi connectivity index (χ3v) is 3.40. The van der Waals surface area contributed by atoms with Crippen LogP contribution < -0.4 is 4.90 Å². The molecule has 1 fully saturated rings. The molecule has 1 amide bonds. The molecule has 1 heterocycles. The number of nitro benzene ring substituents is 1. The van der Waals surface area contributed by atoms with E-state index in [9.17, 15) is 19.7 Å². The molecule has 1 aromatic carbocycles. The zero-order valence-corrected chi connectivity index (χ0v) is 11.2. The van der Waals surface area contributed by atoms with E-state index in [-0.39, 0.29) is 34.1 Å². The van der Waals surface area contributed by atoms with Gasteiger partial charge in [-0.1, -0.05) is 15.9 Å². The van der Waals surface area contributed by atoms with Crippen LogP contribution in [0.4, 0.5) is 11.4 Å². The number of anilines is 1. The minimum atomic E-state index is -1.23. The zero-order valence-electron chi connectivity index (χ0n) is 9.58. The molecule has 1 unspecified atom stereocenters. The molecule has 8 heteroatoms. The summed E-state index contributed by atoms with van der Waals surface area (Å²) in [7, 11) is 0. The van der Waals surface area contributed by atoms with Crippen molar-refractivity contribution in [1.29, 1.82) is 0 Å². The Bertz CT molecular complexity index is 574. The number of benzene rings is 1. The van der Waals surface area contributed by atoms with Gasteiger partial charge in [0.15, 0.2) is 0 Å². The Kier molecular flexibility index (Phi) is 3.52. The van der Waals surface area contributed by atoms with Crippen molar-refractivity contribution in [3.8, 4) is 0 Å². The number of hydrogen-bond acceptors (Lipinski definition) is 4. The molecule has 7 nitrogen and oxygen atoms in total. The third-order valence-electron chi connectivity index (χ3n) is 2.79. The second-order valence-electron chi connectivity index (χ2n) is 4.07. The lowest BCUT2D eigenvalue weighted by Gasteiger charge is -2.17. The summed E-state index contributed by atoms with van der Waals surface area (Å²) in [6.45, 7) is 0.292. The van der Waals surface area contributed by atoms with Crippen molar-refractivity contribution in [2.24, 2.45) is 0 Å². The minimum Gasteiger partial charge on any atom is -0.478 e. The Morgan fingerprint density at radius 2 is 2.21 bits per heavy atom. The molecule has 1 aliphatic heterocycles. The summed E-state index contributed by atoms with van der Waals surface area (Å²) in [5, 5.41) is 19.8. The second-order valence-corrected chi connectivity index (χ2v) is 5.36. The molecular formula is C11H9BrN2O5. The average Bonchev–Trinajstić information content (AvgIpc) is 2.67. The normalized spacial score (nSPS) is 18.7. The van der Waals surface area contributed by atoms with Gasteiger partial charge in [0.25, 0.3) is 5.69 Å². The van der Waals surface area contributed by atoms with E-state index in [1.807, 2.05) is 0 Å². The van der Waals surface area contributed by atoms with Crippen LogP contribution in [0.1, 0.15) is 16.8 Å². The van der Waals surface area contributed by atoms with Crippen LogP contribution in [-0.2, 0) is 4.79 Å². The van der Waals surface area contributed by atoms with E-state index in [4.69, 9.17) is 5.11 Å². The SMILES string of the molecule is O=C(O)c1ccc([N+](=O)[O-])cc1N1CC(Br)CC1=O. The number of carbonyl (C=O) groups is 2. The van der Waals surface area contributed by atoms with Gasteiger partial charge in [-0.2, -0.15) is 0 Å². The molecule has 0 radical (unpaired) electrons. The monoisotopic (exact) mass is 328 g/mol. The first-order chi connectivity index (χ1) is 8.90. The molecule has 0 bridgehead atoms. The van der Waals surface area contributed by atoms with Crippen molar-refractivity contribution in [2.75, 3.05) is 11.4 Å². The van der Waals surface area contributed by atoms with Crippen LogP contribution >= 0.6 is 15.9 Å². The number of hydrogen-bond donors (Lipinski definition) is 1. The number of amides is 1. The summed E-state index contributed by atoms with van der Waals surface area (Å²) in [5.74, 6) is -1.49. The standard InChI is InChI=1S/C11H9BrN2O5/c12-6-3-10(15)13(5-6)9-4-7(14(18)19)1-2-8(9)11(16)17/h1-2,4,6H,3,5H2,(H,16,17). The van der Waals surface area contributed by atoms with Gasteiger partial charge in [0.2, 0.25) is 5.91 Å². The van der Waals surface area contributed by atoms with Crippen molar-refractivity contribution in [3.05, 3.63) is 33.9 Å². The van der Waals surface area contributed by atoms with Gasteiger partial charge in [0.1, 0.15) is 0 Å². The van der Waals surface area contributed by atoms with Gasteiger partial charge in [0, 0.05) is 29.9 Å². The van der Waals surface area contributed by atoms with E-state index in [1.54, 1.807) is 0 Å². The highest BCUT2D eigenvalue weighted by Crippen LogP contribution is 2.31. The number of nitro groups is 1. The zero-order chi connectivity index (χ0) is 14.2. The number of carboxylic acid groups (broad SMARTS) is 1. The molecule has 0 spiro atoms. The number of alkyl halides is 1. The van der Waals surface area contributed by atoms with E-state index >= 15 is 0 Å². The lowest BCUT2D eigenvalue weighted by atomic mass is 10.1. The molecule has 1 saturated heterocycles. The van der Waals surface area contributed by atoms with Gasteiger partial charge in [-0.3, -0.25) is 14.9 Å². The van der Waals surface area contributed by atoms with Crippen LogP contribution in [0, 0.1) is 10.1 Å². The molecule has 1 atom stereocenters. The van der Waals surface area contributed by atoms with Gasteiger partial charge >= 0.3 is 5.97 Å². The number of aromatic carboxylic acids is 1. The van der Waals surface area contributed by atoms with E-state index in [0.29, 0.717) is 6.54 Å². The topological polar surface area (TPSA) is 101 Å². The van der Waals surface area contributed by atoms with Crippen molar-refractivity contribution < 1.29 is 19.6 Å². The lowest BCUT2D eigenvalue weighted by molar-refractivity contribution is -0.384. The molecule has 1 aromatic rings. The lowest BCUT2D eigenvalue weighted by Crippen LogP contribution is -2.26. The van der Waals surface area contributed by atoms with Crippen LogP contribution in [0.15, 0.2) is 18.2 Å². The number of non-ortho nitro benzene ring substituents is 1. The van der Waals surface area contributed by atoms with Crippen LogP contribution in [0.2, 0.25) is 0 Å². The fourth-order valence-corrected chi connectivity index (χ4v) is 2.50. The maximum Gasteiger partial charge on any atom is 0.337 e. The van der Waals surface area contributed by atoms with E-state index in [0.717, 1.165) is 18.2 Å². The van der Waals surface area contributed by atoms with Crippen molar-refractivity contribution in [2.45, 2.75) is 11.2 Å². The van der Waals surface area contributed by atoms with Crippen LogP contribution in [0.5, 0.6) is 0 Å². The molecule has 0 aliphatic carbocycles. The summed E-state index contributed by atoms with van der Waals surface area (Å²) in [5.41, 5.74) is -0.306. The highest BCUT2D eigenvalue weighted by molar-refractivity contribution is 9.09. The number of halogens is 1. The Balaban J connectivity index is 2.52. The summed E-state index contributed by atoms with van der Waals surface area (Å²) in [6, 6.07) is 3.37. The van der Waals surface area contributed by atoms with Crippen molar-refractivity contribution in [3.63, 3.8) is 0 Å². The number of nitrogens with zero attached hydrogens (tertiary/aromatic N) is 2. The molecule has 0 saturated carbocycles. The van der Waals surface area contributed by atoms with E-state index in [2.05, 4.69) is 15.9 Å².